The van der Waals surface area contributed by atoms with E-state index in [4.69, 9.17) is 10.5 Å². The Bertz CT molecular complexity index is 488. The first-order valence-electron chi connectivity index (χ1n) is 7.96. The molecule has 3 N–H and O–H groups in total. The highest BCUT2D eigenvalue weighted by atomic mass is 35.5. The molecule has 0 bridgehead atoms. The largest absolute Gasteiger partial charge is 0.496 e. The predicted molar refractivity (Wildman–Crippen MR) is 94.9 cm³/mol. The van der Waals surface area contributed by atoms with Gasteiger partial charge in [0.1, 0.15) is 5.75 Å². The zero-order valence-corrected chi connectivity index (χ0v) is 14.8. The molecule has 1 unspecified atom stereocenters. The summed E-state index contributed by atoms with van der Waals surface area (Å²) in [5.41, 5.74) is 6.94. The van der Waals surface area contributed by atoms with Crippen LogP contribution in [0.25, 0.3) is 0 Å². The topological polar surface area (TPSA) is 67.6 Å². The number of halogens is 1. The molecule has 1 saturated heterocycles. The van der Waals surface area contributed by atoms with Crippen LogP contribution >= 0.6 is 12.4 Å². The molecule has 0 aromatic heterocycles. The summed E-state index contributed by atoms with van der Waals surface area (Å²) in [7, 11) is 1.64. The second kappa shape index (κ2) is 9.75. The van der Waals surface area contributed by atoms with Gasteiger partial charge in [0.15, 0.2) is 0 Å². The van der Waals surface area contributed by atoms with Gasteiger partial charge in [-0.3, -0.25) is 9.69 Å². The fourth-order valence-corrected chi connectivity index (χ4v) is 2.94. The molecule has 1 aromatic rings. The Kier molecular flexibility index (Phi) is 8.37. The van der Waals surface area contributed by atoms with Gasteiger partial charge in [0.2, 0.25) is 5.91 Å². The molecule has 130 valence electrons. The number of ether oxygens (including phenoxy) is 1. The summed E-state index contributed by atoms with van der Waals surface area (Å²) in [6.45, 7) is 4.93. The maximum Gasteiger partial charge on any atom is 0.234 e. The number of likely N-dealkylation sites (tertiary alicyclic amines) is 1. The lowest BCUT2D eigenvalue weighted by Crippen LogP contribution is -2.44. The Morgan fingerprint density at radius 3 is 2.65 bits per heavy atom. The number of para-hydroxylation sites is 1. The molecule has 0 aliphatic carbocycles. The zero-order chi connectivity index (χ0) is 15.9. The van der Waals surface area contributed by atoms with E-state index in [-0.39, 0.29) is 24.4 Å². The average Bonchev–Trinajstić information content (AvgIpc) is 2.53. The molecule has 23 heavy (non-hydrogen) atoms. The van der Waals surface area contributed by atoms with Gasteiger partial charge in [-0.25, -0.2) is 0 Å². The predicted octanol–water partition coefficient (Wildman–Crippen LogP) is 1.79. The summed E-state index contributed by atoms with van der Waals surface area (Å²) in [6, 6.07) is 7.99. The summed E-state index contributed by atoms with van der Waals surface area (Å²) in [6.07, 6.45) is 2.16. The highest BCUT2D eigenvalue weighted by molar-refractivity contribution is 5.85. The van der Waals surface area contributed by atoms with Crippen LogP contribution in [0.5, 0.6) is 5.75 Å². The summed E-state index contributed by atoms with van der Waals surface area (Å²) in [5.74, 6) is 1.46. The molecular formula is C17H28ClN3O2. The molecule has 1 aliphatic rings. The third-order valence-electron chi connectivity index (χ3n) is 4.41. The number of nitrogens with zero attached hydrogens (tertiary/aromatic N) is 1. The SMILES string of the molecule is COc1ccccc1CNC(=O)CN1CCC(C(C)N)CC1.Cl. The monoisotopic (exact) mass is 341 g/mol. The van der Waals surface area contributed by atoms with E-state index < -0.39 is 0 Å². The minimum absolute atomic E-state index is 0. The fraction of sp³-hybridized carbons (Fsp3) is 0.588. The van der Waals surface area contributed by atoms with E-state index in [1.807, 2.05) is 24.3 Å². The smallest absolute Gasteiger partial charge is 0.234 e. The van der Waals surface area contributed by atoms with Crippen molar-refractivity contribution in [1.82, 2.24) is 10.2 Å². The van der Waals surface area contributed by atoms with Gasteiger partial charge < -0.3 is 15.8 Å². The van der Waals surface area contributed by atoms with Crippen LogP contribution < -0.4 is 15.8 Å². The second-order valence-corrected chi connectivity index (χ2v) is 6.06. The third-order valence-corrected chi connectivity index (χ3v) is 4.41. The Hall–Kier alpha value is -1.30. The number of nitrogens with two attached hydrogens (primary N) is 1. The molecule has 1 aromatic carbocycles. The highest BCUT2D eigenvalue weighted by Gasteiger charge is 2.22. The Morgan fingerprint density at radius 1 is 1.39 bits per heavy atom. The lowest BCUT2D eigenvalue weighted by Gasteiger charge is -2.33. The standard InChI is InChI=1S/C17H27N3O2.ClH/c1-13(18)14-7-9-20(10-8-14)12-17(21)19-11-15-5-3-4-6-16(15)22-2;/h3-6,13-14H,7-12,18H2,1-2H3,(H,19,21);1H. The molecule has 2 rings (SSSR count). The van der Waals surface area contributed by atoms with E-state index in [0.29, 0.717) is 19.0 Å². The number of carbonyl (C=O) groups is 1. The van der Waals surface area contributed by atoms with Gasteiger partial charge in [0, 0.05) is 18.2 Å². The summed E-state index contributed by atoms with van der Waals surface area (Å²) in [4.78, 5) is 14.3. The van der Waals surface area contributed by atoms with Crippen LogP contribution in [-0.4, -0.2) is 43.6 Å². The van der Waals surface area contributed by atoms with E-state index >= 15 is 0 Å². The van der Waals surface area contributed by atoms with Crippen molar-refractivity contribution >= 4 is 18.3 Å². The molecule has 5 nitrogen and oxygen atoms in total. The maximum absolute atomic E-state index is 12.1. The maximum atomic E-state index is 12.1. The van der Waals surface area contributed by atoms with E-state index in [1.165, 1.54) is 0 Å². The molecule has 1 amide bonds. The van der Waals surface area contributed by atoms with Gasteiger partial charge in [-0.15, -0.1) is 12.4 Å². The highest BCUT2D eigenvalue weighted by Crippen LogP contribution is 2.19. The second-order valence-electron chi connectivity index (χ2n) is 6.06. The zero-order valence-electron chi connectivity index (χ0n) is 14.0. The first-order chi connectivity index (χ1) is 10.6. The van der Waals surface area contributed by atoms with Crippen molar-refractivity contribution in [1.29, 1.82) is 0 Å². The molecule has 0 saturated carbocycles. The number of piperidine rings is 1. The van der Waals surface area contributed by atoms with Crippen molar-refractivity contribution in [3.8, 4) is 5.75 Å². The van der Waals surface area contributed by atoms with Gasteiger partial charge in [0.05, 0.1) is 13.7 Å². The number of rotatable bonds is 6. The molecular weight excluding hydrogens is 314 g/mol. The number of amides is 1. The van der Waals surface area contributed by atoms with Crippen LogP contribution in [0.2, 0.25) is 0 Å². The van der Waals surface area contributed by atoms with Crippen molar-refractivity contribution in [3.05, 3.63) is 29.8 Å². The Labute approximate surface area is 145 Å². The molecule has 0 radical (unpaired) electrons. The number of benzene rings is 1. The number of nitrogens with one attached hydrogen (secondary N) is 1. The molecule has 1 heterocycles. The fourth-order valence-electron chi connectivity index (χ4n) is 2.94. The van der Waals surface area contributed by atoms with Crippen molar-refractivity contribution < 1.29 is 9.53 Å². The van der Waals surface area contributed by atoms with Crippen molar-refractivity contribution in [2.75, 3.05) is 26.7 Å². The minimum atomic E-state index is 0. The first-order valence-corrected chi connectivity index (χ1v) is 7.96. The van der Waals surface area contributed by atoms with Crippen molar-refractivity contribution in [2.45, 2.75) is 32.4 Å². The molecule has 6 heteroatoms. The van der Waals surface area contributed by atoms with E-state index in [2.05, 4.69) is 17.1 Å². The number of hydrogen-bond acceptors (Lipinski definition) is 4. The van der Waals surface area contributed by atoms with Crippen LogP contribution in [0.3, 0.4) is 0 Å². The van der Waals surface area contributed by atoms with Gasteiger partial charge in [0.25, 0.3) is 0 Å². The number of methoxy groups -OCH3 is 1. The van der Waals surface area contributed by atoms with E-state index in [0.717, 1.165) is 37.2 Å². The van der Waals surface area contributed by atoms with Gasteiger partial charge in [-0.1, -0.05) is 18.2 Å². The normalized spacial score (nSPS) is 17.2. The van der Waals surface area contributed by atoms with Crippen LogP contribution in [-0.2, 0) is 11.3 Å². The van der Waals surface area contributed by atoms with Crippen LogP contribution in [0, 0.1) is 5.92 Å². The van der Waals surface area contributed by atoms with Gasteiger partial charge >= 0.3 is 0 Å². The van der Waals surface area contributed by atoms with Crippen LogP contribution in [0.4, 0.5) is 0 Å². The van der Waals surface area contributed by atoms with Crippen LogP contribution in [0.15, 0.2) is 24.3 Å². The minimum Gasteiger partial charge on any atom is -0.496 e. The molecule has 1 aliphatic heterocycles. The molecule has 1 fully saturated rings. The summed E-state index contributed by atoms with van der Waals surface area (Å²) in [5, 5.41) is 2.97. The Balaban J connectivity index is 0.00000264. The first kappa shape index (κ1) is 19.7. The lowest BCUT2D eigenvalue weighted by atomic mass is 9.91. The van der Waals surface area contributed by atoms with Gasteiger partial charge in [-0.05, 0) is 44.8 Å². The lowest BCUT2D eigenvalue weighted by molar-refractivity contribution is -0.122. The van der Waals surface area contributed by atoms with Crippen LogP contribution in [0.1, 0.15) is 25.3 Å². The number of carbonyl (C=O) groups excluding carboxylic acids is 1. The Morgan fingerprint density at radius 2 is 2.04 bits per heavy atom. The van der Waals surface area contributed by atoms with Crippen molar-refractivity contribution in [3.63, 3.8) is 0 Å². The summed E-state index contributed by atoms with van der Waals surface area (Å²) < 4.78 is 5.29. The summed E-state index contributed by atoms with van der Waals surface area (Å²) >= 11 is 0. The average molecular weight is 342 g/mol. The molecule has 1 atom stereocenters. The van der Waals surface area contributed by atoms with Crippen molar-refractivity contribution in [2.24, 2.45) is 11.7 Å². The molecule has 0 spiro atoms. The van der Waals surface area contributed by atoms with E-state index in [1.54, 1.807) is 7.11 Å². The van der Waals surface area contributed by atoms with Gasteiger partial charge in [-0.2, -0.15) is 0 Å². The number of hydrogen-bond donors (Lipinski definition) is 2. The quantitative estimate of drug-likeness (QED) is 0.827. The van der Waals surface area contributed by atoms with E-state index in [9.17, 15) is 4.79 Å². The third kappa shape index (κ3) is 6.01.